The summed E-state index contributed by atoms with van der Waals surface area (Å²) in [6.07, 6.45) is 0. The van der Waals surface area contributed by atoms with E-state index in [1.54, 1.807) is 24.3 Å². The molecule has 0 aliphatic heterocycles. The van der Waals surface area contributed by atoms with Gasteiger partial charge in [0, 0.05) is 10.4 Å². The smallest absolute Gasteiger partial charge is 0.275 e. The molecule has 3 rings (SSSR count). The molecule has 1 aromatic heterocycles. The number of nitrogens with one attached hydrogen (secondary N) is 1. The quantitative estimate of drug-likeness (QED) is 0.785. The van der Waals surface area contributed by atoms with Crippen molar-refractivity contribution >= 4 is 22.9 Å². The number of benzene rings is 2. The number of thiazole rings is 1. The molecule has 4 nitrogen and oxygen atoms in total. The first-order valence-electron chi connectivity index (χ1n) is 7.02. The number of hydrogen-bond donors (Lipinski definition) is 1. The Bertz CT molecular complexity index is 894. The second kappa shape index (κ2) is 6.42. The minimum atomic E-state index is -0.302. The summed E-state index contributed by atoms with van der Waals surface area (Å²) < 4.78 is 0. The van der Waals surface area contributed by atoms with Crippen molar-refractivity contribution in [1.29, 1.82) is 5.26 Å². The van der Waals surface area contributed by atoms with E-state index in [4.69, 9.17) is 5.26 Å². The maximum Gasteiger partial charge on any atom is 0.275 e. The summed E-state index contributed by atoms with van der Waals surface area (Å²) in [5.41, 5.74) is 2.30. The molecule has 0 radical (unpaired) electrons. The van der Waals surface area contributed by atoms with Gasteiger partial charge in [-0.15, -0.1) is 11.3 Å². The van der Waals surface area contributed by atoms with E-state index in [2.05, 4.69) is 16.4 Å². The van der Waals surface area contributed by atoms with Gasteiger partial charge in [0.1, 0.15) is 16.8 Å². The topological polar surface area (TPSA) is 65.8 Å². The Kier molecular flexibility index (Phi) is 4.18. The first-order chi connectivity index (χ1) is 11.2. The average molecular weight is 319 g/mol. The molecule has 3 aromatic rings. The Hall–Kier alpha value is -2.97. The van der Waals surface area contributed by atoms with E-state index in [1.807, 2.05) is 37.3 Å². The molecule has 23 heavy (non-hydrogen) atoms. The number of rotatable bonds is 3. The lowest BCUT2D eigenvalue weighted by Gasteiger charge is -2.05. The Morgan fingerprint density at radius 2 is 1.83 bits per heavy atom. The Morgan fingerprint density at radius 1 is 1.13 bits per heavy atom. The molecular weight excluding hydrogens is 306 g/mol. The van der Waals surface area contributed by atoms with E-state index in [0.29, 0.717) is 16.9 Å². The highest BCUT2D eigenvalue weighted by atomic mass is 32.1. The summed E-state index contributed by atoms with van der Waals surface area (Å²) >= 11 is 1.48. The number of aryl methyl sites for hydroxylation is 1. The first kappa shape index (κ1) is 14.9. The fourth-order valence-corrected chi connectivity index (χ4v) is 3.10. The highest BCUT2D eigenvalue weighted by molar-refractivity contribution is 7.15. The van der Waals surface area contributed by atoms with Crippen LogP contribution in [0.25, 0.3) is 10.6 Å². The Balaban J connectivity index is 1.89. The van der Waals surface area contributed by atoms with Crippen molar-refractivity contribution in [2.75, 3.05) is 5.32 Å². The van der Waals surface area contributed by atoms with Crippen LogP contribution in [0.5, 0.6) is 0 Å². The van der Waals surface area contributed by atoms with Crippen LogP contribution in [-0.4, -0.2) is 10.9 Å². The second-order valence-corrected chi connectivity index (χ2v) is 6.10. The molecule has 0 spiro atoms. The molecule has 1 heterocycles. The predicted octanol–water partition coefficient (Wildman–Crippen LogP) is 4.24. The van der Waals surface area contributed by atoms with Gasteiger partial charge in [0.05, 0.1) is 11.3 Å². The molecule has 0 saturated carbocycles. The van der Waals surface area contributed by atoms with Gasteiger partial charge in [0.25, 0.3) is 5.91 Å². The van der Waals surface area contributed by atoms with E-state index in [9.17, 15) is 4.79 Å². The summed E-state index contributed by atoms with van der Waals surface area (Å²) in [4.78, 5) is 17.8. The van der Waals surface area contributed by atoms with E-state index in [0.717, 1.165) is 15.4 Å². The number of aromatic nitrogens is 1. The third kappa shape index (κ3) is 3.12. The van der Waals surface area contributed by atoms with Gasteiger partial charge < -0.3 is 5.32 Å². The lowest BCUT2D eigenvalue weighted by molar-refractivity contribution is 0.102. The Labute approximate surface area is 138 Å². The fourth-order valence-electron chi connectivity index (χ4n) is 2.18. The third-order valence-corrected chi connectivity index (χ3v) is 4.35. The summed E-state index contributed by atoms with van der Waals surface area (Å²) in [6, 6.07) is 18.7. The summed E-state index contributed by atoms with van der Waals surface area (Å²) in [7, 11) is 0. The van der Waals surface area contributed by atoms with Gasteiger partial charge in [-0.25, -0.2) is 4.98 Å². The molecular formula is C18H13N3OS. The Morgan fingerprint density at radius 3 is 2.57 bits per heavy atom. The van der Waals surface area contributed by atoms with Crippen molar-refractivity contribution in [2.24, 2.45) is 0 Å². The monoisotopic (exact) mass is 319 g/mol. The number of amides is 1. The average Bonchev–Trinajstić information content (AvgIpc) is 2.98. The van der Waals surface area contributed by atoms with Gasteiger partial charge in [-0.05, 0) is 19.1 Å². The van der Waals surface area contributed by atoms with Crippen molar-refractivity contribution in [3.8, 4) is 16.6 Å². The first-order valence-corrected chi connectivity index (χ1v) is 7.84. The van der Waals surface area contributed by atoms with Crippen molar-refractivity contribution in [3.63, 3.8) is 0 Å². The minimum absolute atomic E-state index is 0.302. The number of nitrogens with zero attached hydrogens (tertiary/aromatic N) is 2. The van der Waals surface area contributed by atoms with Crippen molar-refractivity contribution in [3.05, 3.63) is 70.7 Å². The molecule has 0 fully saturated rings. The van der Waals surface area contributed by atoms with Crippen LogP contribution in [0.15, 0.2) is 54.6 Å². The van der Waals surface area contributed by atoms with Crippen LogP contribution in [0.2, 0.25) is 0 Å². The molecule has 112 valence electrons. The molecule has 1 N–H and O–H groups in total. The third-order valence-electron chi connectivity index (χ3n) is 3.33. The highest BCUT2D eigenvalue weighted by Gasteiger charge is 2.17. The highest BCUT2D eigenvalue weighted by Crippen LogP contribution is 2.28. The second-order valence-electron chi connectivity index (χ2n) is 4.90. The number of nitriles is 1. The number of carbonyl (C=O) groups excluding carboxylic acids is 1. The SMILES string of the molecule is Cc1sc(-c2ccccc2)nc1C(=O)Nc1ccccc1C#N. The van der Waals surface area contributed by atoms with Crippen LogP contribution in [-0.2, 0) is 0 Å². The maximum atomic E-state index is 12.5. The minimum Gasteiger partial charge on any atom is -0.319 e. The van der Waals surface area contributed by atoms with Crippen molar-refractivity contribution in [1.82, 2.24) is 4.98 Å². The van der Waals surface area contributed by atoms with Crippen molar-refractivity contribution in [2.45, 2.75) is 6.92 Å². The molecule has 0 unspecified atom stereocenters. The predicted molar refractivity (Wildman–Crippen MR) is 91.4 cm³/mol. The summed E-state index contributed by atoms with van der Waals surface area (Å²) in [6.45, 7) is 1.87. The molecule has 2 aromatic carbocycles. The fraction of sp³-hybridized carbons (Fsp3) is 0.0556. The van der Waals surface area contributed by atoms with Gasteiger partial charge in [-0.2, -0.15) is 5.26 Å². The molecule has 0 aliphatic carbocycles. The normalized spacial score (nSPS) is 10.1. The lowest BCUT2D eigenvalue weighted by atomic mass is 10.2. The lowest BCUT2D eigenvalue weighted by Crippen LogP contribution is -2.14. The van der Waals surface area contributed by atoms with Crippen LogP contribution < -0.4 is 5.32 Å². The zero-order valence-corrected chi connectivity index (χ0v) is 13.2. The van der Waals surface area contributed by atoms with Crippen molar-refractivity contribution < 1.29 is 4.79 Å². The van der Waals surface area contributed by atoms with E-state index in [1.165, 1.54) is 11.3 Å². The molecule has 5 heteroatoms. The molecule has 0 bridgehead atoms. The molecule has 0 saturated heterocycles. The summed E-state index contributed by atoms with van der Waals surface area (Å²) in [5, 5.41) is 12.7. The van der Waals surface area contributed by atoms with E-state index < -0.39 is 0 Å². The maximum absolute atomic E-state index is 12.5. The standard InChI is InChI=1S/C18H13N3OS/c1-12-16(21-18(23-12)13-7-3-2-4-8-13)17(22)20-15-10-6-5-9-14(15)11-19/h2-10H,1H3,(H,20,22). The van der Waals surface area contributed by atoms with Crippen LogP contribution in [0.1, 0.15) is 20.9 Å². The van der Waals surface area contributed by atoms with Gasteiger partial charge in [-0.3, -0.25) is 4.79 Å². The number of para-hydroxylation sites is 1. The van der Waals surface area contributed by atoms with E-state index in [-0.39, 0.29) is 5.91 Å². The zero-order chi connectivity index (χ0) is 16.2. The summed E-state index contributed by atoms with van der Waals surface area (Å²) in [5.74, 6) is -0.302. The number of carbonyl (C=O) groups is 1. The molecule has 0 aliphatic rings. The number of anilines is 1. The zero-order valence-electron chi connectivity index (χ0n) is 12.4. The van der Waals surface area contributed by atoms with Crippen LogP contribution in [0, 0.1) is 18.3 Å². The van der Waals surface area contributed by atoms with Gasteiger partial charge >= 0.3 is 0 Å². The van der Waals surface area contributed by atoms with Crippen LogP contribution in [0.3, 0.4) is 0 Å². The van der Waals surface area contributed by atoms with Gasteiger partial charge in [-0.1, -0.05) is 42.5 Å². The van der Waals surface area contributed by atoms with Crippen LogP contribution in [0.4, 0.5) is 5.69 Å². The largest absolute Gasteiger partial charge is 0.319 e. The molecule has 0 atom stereocenters. The van der Waals surface area contributed by atoms with E-state index >= 15 is 0 Å². The van der Waals surface area contributed by atoms with Gasteiger partial charge in [0.2, 0.25) is 0 Å². The van der Waals surface area contributed by atoms with Crippen LogP contribution >= 0.6 is 11.3 Å². The van der Waals surface area contributed by atoms with Gasteiger partial charge in [0.15, 0.2) is 0 Å². The number of hydrogen-bond acceptors (Lipinski definition) is 4. The molecule has 1 amide bonds.